The van der Waals surface area contributed by atoms with Gasteiger partial charge in [0.05, 0.1) is 18.6 Å². The second kappa shape index (κ2) is 6.00. The van der Waals surface area contributed by atoms with Crippen molar-refractivity contribution in [1.82, 2.24) is 4.31 Å². The maximum atomic E-state index is 12.2. The second-order valence-electron chi connectivity index (χ2n) is 3.40. The van der Waals surface area contributed by atoms with E-state index in [0.29, 0.717) is 12.3 Å². The highest BCUT2D eigenvalue weighted by Crippen LogP contribution is 2.20. The molecular formula is C11H17NO4S. The van der Waals surface area contributed by atoms with Crippen molar-refractivity contribution in [1.29, 1.82) is 0 Å². The predicted octanol–water partition coefficient (Wildman–Crippen LogP) is 0.698. The molecule has 0 fully saturated rings. The van der Waals surface area contributed by atoms with E-state index in [-0.39, 0.29) is 18.0 Å². The molecule has 0 unspecified atom stereocenters. The zero-order valence-corrected chi connectivity index (χ0v) is 10.8. The molecular weight excluding hydrogens is 242 g/mol. The van der Waals surface area contributed by atoms with E-state index < -0.39 is 10.0 Å². The minimum Gasteiger partial charge on any atom is -0.497 e. The maximum absolute atomic E-state index is 12.2. The van der Waals surface area contributed by atoms with Gasteiger partial charge in [0, 0.05) is 19.2 Å². The van der Waals surface area contributed by atoms with Crippen molar-refractivity contribution >= 4 is 10.0 Å². The molecule has 5 nitrogen and oxygen atoms in total. The molecule has 0 amide bonds. The molecule has 0 saturated heterocycles. The van der Waals surface area contributed by atoms with E-state index in [0.717, 1.165) is 0 Å². The first-order chi connectivity index (χ1) is 8.06. The Kier molecular flexibility index (Phi) is 4.92. The van der Waals surface area contributed by atoms with Gasteiger partial charge < -0.3 is 9.84 Å². The average Bonchev–Trinajstić information content (AvgIpc) is 2.35. The first kappa shape index (κ1) is 14.0. The van der Waals surface area contributed by atoms with Crippen molar-refractivity contribution in [2.24, 2.45) is 0 Å². The number of likely N-dealkylation sites (N-methyl/N-ethyl adjacent to an activating group) is 1. The summed E-state index contributed by atoms with van der Waals surface area (Å²) in [7, 11) is -2.07. The molecule has 1 rings (SSSR count). The number of rotatable bonds is 6. The Balaban J connectivity index is 3.10. The van der Waals surface area contributed by atoms with E-state index in [1.54, 1.807) is 19.1 Å². The molecule has 0 saturated carbocycles. The summed E-state index contributed by atoms with van der Waals surface area (Å²) in [4.78, 5) is 0.173. The quantitative estimate of drug-likeness (QED) is 0.816. The molecule has 17 heavy (non-hydrogen) atoms. The Labute approximate surface area is 102 Å². The fraction of sp³-hybridized carbons (Fsp3) is 0.455. The van der Waals surface area contributed by atoms with Crippen LogP contribution in [0.3, 0.4) is 0 Å². The Hall–Kier alpha value is -1.11. The van der Waals surface area contributed by atoms with Crippen LogP contribution in [0.4, 0.5) is 0 Å². The van der Waals surface area contributed by atoms with Gasteiger partial charge in [0.1, 0.15) is 5.75 Å². The van der Waals surface area contributed by atoms with E-state index in [1.807, 2.05) is 0 Å². The molecule has 0 aliphatic carbocycles. The van der Waals surface area contributed by atoms with Crippen molar-refractivity contribution < 1.29 is 18.3 Å². The van der Waals surface area contributed by atoms with Crippen LogP contribution in [0.25, 0.3) is 0 Å². The van der Waals surface area contributed by atoms with Gasteiger partial charge in [0.15, 0.2) is 0 Å². The molecule has 1 aromatic rings. The van der Waals surface area contributed by atoms with Crippen LogP contribution in [0, 0.1) is 0 Å². The maximum Gasteiger partial charge on any atom is 0.243 e. The van der Waals surface area contributed by atoms with Crippen LogP contribution in [-0.4, -0.2) is 44.6 Å². The third-order valence-electron chi connectivity index (χ3n) is 2.38. The summed E-state index contributed by atoms with van der Waals surface area (Å²) < 4.78 is 30.6. The number of benzene rings is 1. The third-order valence-corrected chi connectivity index (χ3v) is 4.35. The van der Waals surface area contributed by atoms with Crippen LogP contribution in [0.2, 0.25) is 0 Å². The summed E-state index contributed by atoms with van der Waals surface area (Å²) in [6, 6.07) is 6.28. The van der Waals surface area contributed by atoms with Gasteiger partial charge in [0.25, 0.3) is 0 Å². The molecule has 6 heteroatoms. The van der Waals surface area contributed by atoms with E-state index in [4.69, 9.17) is 9.84 Å². The Morgan fingerprint density at radius 2 is 2.12 bits per heavy atom. The predicted molar refractivity (Wildman–Crippen MR) is 64.5 cm³/mol. The van der Waals surface area contributed by atoms with E-state index in [9.17, 15) is 8.42 Å². The SMILES string of the molecule is CCN(CCO)S(=O)(=O)c1cccc(OC)c1. The lowest BCUT2D eigenvalue weighted by atomic mass is 10.3. The Morgan fingerprint density at radius 3 is 2.65 bits per heavy atom. The first-order valence-electron chi connectivity index (χ1n) is 5.31. The molecule has 0 aliphatic heterocycles. The molecule has 1 N–H and O–H groups in total. The molecule has 0 aliphatic rings. The lowest BCUT2D eigenvalue weighted by Gasteiger charge is -2.19. The minimum atomic E-state index is -3.55. The Morgan fingerprint density at radius 1 is 1.41 bits per heavy atom. The Bertz CT molecular complexity index is 458. The highest BCUT2D eigenvalue weighted by Gasteiger charge is 2.22. The topological polar surface area (TPSA) is 66.8 Å². The molecule has 0 heterocycles. The summed E-state index contributed by atoms with van der Waals surface area (Å²) >= 11 is 0. The number of ether oxygens (including phenoxy) is 1. The largest absolute Gasteiger partial charge is 0.497 e. The van der Waals surface area contributed by atoms with Gasteiger partial charge in [-0.3, -0.25) is 0 Å². The first-order valence-corrected chi connectivity index (χ1v) is 6.75. The fourth-order valence-electron chi connectivity index (χ4n) is 1.47. The third kappa shape index (κ3) is 3.18. The number of sulfonamides is 1. The van der Waals surface area contributed by atoms with Gasteiger partial charge in [-0.1, -0.05) is 13.0 Å². The number of methoxy groups -OCH3 is 1. The smallest absolute Gasteiger partial charge is 0.243 e. The van der Waals surface area contributed by atoms with Crippen molar-refractivity contribution in [3.8, 4) is 5.75 Å². The lowest BCUT2D eigenvalue weighted by molar-refractivity contribution is 0.257. The van der Waals surface area contributed by atoms with Crippen LogP contribution >= 0.6 is 0 Å². The number of aliphatic hydroxyl groups excluding tert-OH is 1. The molecule has 96 valence electrons. The fourth-order valence-corrected chi connectivity index (χ4v) is 2.95. The van der Waals surface area contributed by atoms with Gasteiger partial charge in [0.2, 0.25) is 10.0 Å². The van der Waals surface area contributed by atoms with Crippen molar-refractivity contribution in [3.63, 3.8) is 0 Å². The monoisotopic (exact) mass is 259 g/mol. The van der Waals surface area contributed by atoms with Crippen LogP contribution in [0.15, 0.2) is 29.2 Å². The normalized spacial score (nSPS) is 11.8. The van der Waals surface area contributed by atoms with E-state index in [2.05, 4.69) is 0 Å². The average molecular weight is 259 g/mol. The summed E-state index contributed by atoms with van der Waals surface area (Å²) in [6.07, 6.45) is 0. The number of hydrogen-bond acceptors (Lipinski definition) is 4. The molecule has 0 atom stereocenters. The zero-order valence-electron chi connectivity index (χ0n) is 9.96. The standard InChI is InChI=1S/C11H17NO4S/c1-3-12(7-8-13)17(14,15)11-6-4-5-10(9-11)16-2/h4-6,9,13H,3,7-8H2,1-2H3. The van der Waals surface area contributed by atoms with Gasteiger partial charge in [-0.05, 0) is 12.1 Å². The molecule has 0 radical (unpaired) electrons. The summed E-state index contributed by atoms with van der Waals surface area (Å²) in [5, 5.41) is 8.85. The van der Waals surface area contributed by atoms with E-state index >= 15 is 0 Å². The van der Waals surface area contributed by atoms with Gasteiger partial charge in [-0.15, -0.1) is 0 Å². The minimum absolute atomic E-state index is 0.0933. The molecule has 0 aromatic heterocycles. The van der Waals surface area contributed by atoms with Crippen molar-refractivity contribution in [2.75, 3.05) is 26.8 Å². The summed E-state index contributed by atoms with van der Waals surface area (Å²) in [6.45, 7) is 1.95. The van der Waals surface area contributed by atoms with Crippen LogP contribution < -0.4 is 4.74 Å². The van der Waals surface area contributed by atoms with E-state index in [1.165, 1.54) is 23.5 Å². The highest BCUT2D eigenvalue weighted by molar-refractivity contribution is 7.89. The number of aliphatic hydroxyl groups is 1. The van der Waals surface area contributed by atoms with Crippen LogP contribution in [-0.2, 0) is 10.0 Å². The van der Waals surface area contributed by atoms with Crippen molar-refractivity contribution in [2.45, 2.75) is 11.8 Å². The van der Waals surface area contributed by atoms with Gasteiger partial charge >= 0.3 is 0 Å². The molecule has 1 aromatic carbocycles. The zero-order chi connectivity index (χ0) is 12.9. The molecule has 0 spiro atoms. The summed E-state index contributed by atoms with van der Waals surface area (Å²) in [5.74, 6) is 0.492. The van der Waals surface area contributed by atoms with Crippen LogP contribution in [0.1, 0.15) is 6.92 Å². The van der Waals surface area contributed by atoms with Gasteiger partial charge in [-0.2, -0.15) is 4.31 Å². The molecule has 0 bridgehead atoms. The van der Waals surface area contributed by atoms with Gasteiger partial charge in [-0.25, -0.2) is 8.42 Å². The second-order valence-corrected chi connectivity index (χ2v) is 5.34. The highest BCUT2D eigenvalue weighted by atomic mass is 32.2. The van der Waals surface area contributed by atoms with Crippen molar-refractivity contribution in [3.05, 3.63) is 24.3 Å². The van der Waals surface area contributed by atoms with Crippen LogP contribution in [0.5, 0.6) is 5.75 Å². The number of hydrogen-bond donors (Lipinski definition) is 1. The number of nitrogens with zero attached hydrogens (tertiary/aromatic N) is 1. The summed E-state index contributed by atoms with van der Waals surface area (Å²) in [5.41, 5.74) is 0. The lowest BCUT2D eigenvalue weighted by Crippen LogP contribution is -2.33.